The minimum atomic E-state index is -0.372. The van der Waals surface area contributed by atoms with Crippen molar-refractivity contribution in [3.63, 3.8) is 0 Å². The zero-order valence-corrected chi connectivity index (χ0v) is 14.0. The molecule has 4 rings (SSSR count). The number of nitrogens with one attached hydrogen (secondary N) is 3. The average molecular weight is 344 g/mol. The molecule has 7 heteroatoms. The second-order valence-corrected chi connectivity index (χ2v) is 5.79. The van der Waals surface area contributed by atoms with Gasteiger partial charge in [-0.05, 0) is 31.2 Å². The number of hydrogen-bond donors (Lipinski definition) is 3. The van der Waals surface area contributed by atoms with E-state index in [9.17, 15) is 4.79 Å². The zero-order chi connectivity index (χ0) is 17.9. The number of aromatic nitrogens is 4. The van der Waals surface area contributed by atoms with Crippen LogP contribution in [0.1, 0.15) is 16.3 Å². The Hall–Kier alpha value is -3.74. The van der Waals surface area contributed by atoms with Gasteiger partial charge in [-0.1, -0.05) is 30.3 Å². The van der Waals surface area contributed by atoms with Crippen molar-refractivity contribution in [1.82, 2.24) is 20.2 Å². The molecule has 0 bridgehead atoms. The summed E-state index contributed by atoms with van der Waals surface area (Å²) in [5.41, 5.74) is 2.29. The Balaban J connectivity index is 1.72. The summed E-state index contributed by atoms with van der Waals surface area (Å²) in [6.07, 6.45) is 0. The molecule has 128 valence electrons. The average Bonchev–Trinajstić information content (AvgIpc) is 3.07. The van der Waals surface area contributed by atoms with E-state index < -0.39 is 0 Å². The van der Waals surface area contributed by atoms with E-state index in [-0.39, 0.29) is 11.7 Å². The van der Waals surface area contributed by atoms with Crippen LogP contribution >= 0.6 is 0 Å². The number of benzene rings is 2. The molecule has 0 saturated carbocycles. The minimum absolute atomic E-state index is 0.0855. The summed E-state index contributed by atoms with van der Waals surface area (Å²) in [4.78, 5) is 21.4. The topological polar surface area (TPSA) is 95.6 Å². The Morgan fingerprint density at radius 3 is 2.54 bits per heavy atom. The Morgan fingerprint density at radius 2 is 1.77 bits per heavy atom. The number of aromatic amines is 1. The van der Waals surface area contributed by atoms with Crippen molar-refractivity contribution in [3.8, 4) is 0 Å². The largest absolute Gasteiger partial charge is 0.323 e. The molecule has 3 N–H and O–H groups in total. The number of carbonyl (C=O) groups is 1. The number of hydrogen-bond acceptors (Lipinski definition) is 5. The smallest absolute Gasteiger partial charge is 0.293 e. The van der Waals surface area contributed by atoms with Crippen molar-refractivity contribution in [1.29, 1.82) is 0 Å². The number of nitrogens with zero attached hydrogens (tertiary/aromatic N) is 3. The predicted molar refractivity (Wildman–Crippen MR) is 101 cm³/mol. The highest BCUT2D eigenvalue weighted by molar-refractivity contribution is 6.04. The molecular weight excluding hydrogens is 328 g/mol. The molecule has 4 aromatic rings. The van der Waals surface area contributed by atoms with Crippen molar-refractivity contribution >= 4 is 34.1 Å². The van der Waals surface area contributed by atoms with Crippen molar-refractivity contribution < 1.29 is 4.79 Å². The normalized spacial score (nSPS) is 10.7. The SMILES string of the molecule is Cc1cc(Nc2nc(C(=O)Nc3ccccc3)nc3ccccc23)n[nH]1. The van der Waals surface area contributed by atoms with Crippen molar-refractivity contribution in [2.75, 3.05) is 10.6 Å². The van der Waals surface area contributed by atoms with Crippen LogP contribution in [0.15, 0.2) is 60.7 Å². The molecule has 0 spiro atoms. The first kappa shape index (κ1) is 15.8. The number of H-pyrrole nitrogens is 1. The molecule has 0 aliphatic carbocycles. The van der Waals surface area contributed by atoms with Crippen LogP contribution < -0.4 is 10.6 Å². The maximum atomic E-state index is 12.6. The van der Waals surface area contributed by atoms with Gasteiger partial charge in [0.1, 0.15) is 5.82 Å². The molecule has 2 aromatic heterocycles. The zero-order valence-electron chi connectivity index (χ0n) is 14.0. The van der Waals surface area contributed by atoms with Gasteiger partial charge in [0.15, 0.2) is 5.82 Å². The third kappa shape index (κ3) is 3.23. The second kappa shape index (κ2) is 6.64. The number of amides is 1. The minimum Gasteiger partial charge on any atom is -0.323 e. The summed E-state index contributed by atoms with van der Waals surface area (Å²) in [6.45, 7) is 1.91. The van der Waals surface area contributed by atoms with Gasteiger partial charge in [-0.2, -0.15) is 5.10 Å². The summed E-state index contributed by atoms with van der Waals surface area (Å²) in [7, 11) is 0. The molecule has 7 nitrogen and oxygen atoms in total. The van der Waals surface area contributed by atoms with E-state index in [1.807, 2.05) is 67.6 Å². The monoisotopic (exact) mass is 344 g/mol. The fourth-order valence-electron chi connectivity index (χ4n) is 2.59. The van der Waals surface area contributed by atoms with Crippen LogP contribution in [0.2, 0.25) is 0 Å². The Bertz CT molecular complexity index is 1070. The fourth-order valence-corrected chi connectivity index (χ4v) is 2.59. The lowest BCUT2D eigenvalue weighted by Crippen LogP contribution is -2.16. The van der Waals surface area contributed by atoms with Gasteiger partial charge in [0.2, 0.25) is 5.82 Å². The van der Waals surface area contributed by atoms with E-state index >= 15 is 0 Å². The number of fused-ring (bicyclic) bond motifs is 1. The van der Waals surface area contributed by atoms with Crippen LogP contribution in [-0.2, 0) is 0 Å². The molecule has 26 heavy (non-hydrogen) atoms. The Morgan fingerprint density at radius 1 is 1.00 bits per heavy atom. The number of anilines is 3. The Kier molecular flexibility index (Phi) is 4.03. The van der Waals surface area contributed by atoms with Gasteiger partial charge in [-0.15, -0.1) is 0 Å². The predicted octanol–water partition coefficient (Wildman–Crippen LogP) is 3.66. The first-order valence-electron chi connectivity index (χ1n) is 8.11. The second-order valence-electron chi connectivity index (χ2n) is 5.79. The van der Waals surface area contributed by atoms with Crippen LogP contribution in [-0.4, -0.2) is 26.1 Å². The van der Waals surface area contributed by atoms with E-state index in [1.165, 1.54) is 0 Å². The number of para-hydroxylation sites is 2. The van der Waals surface area contributed by atoms with E-state index in [0.717, 1.165) is 11.1 Å². The fraction of sp³-hybridized carbons (Fsp3) is 0.0526. The first-order chi connectivity index (χ1) is 12.7. The van der Waals surface area contributed by atoms with Gasteiger partial charge in [0.25, 0.3) is 5.91 Å². The van der Waals surface area contributed by atoms with Crippen molar-refractivity contribution in [2.24, 2.45) is 0 Å². The van der Waals surface area contributed by atoms with Gasteiger partial charge in [0.05, 0.1) is 5.52 Å². The van der Waals surface area contributed by atoms with Gasteiger partial charge >= 0.3 is 0 Å². The molecule has 1 amide bonds. The highest BCUT2D eigenvalue weighted by Crippen LogP contribution is 2.23. The lowest BCUT2D eigenvalue weighted by Gasteiger charge is -2.09. The molecule has 0 aliphatic heterocycles. The maximum Gasteiger partial charge on any atom is 0.293 e. The number of rotatable bonds is 4. The van der Waals surface area contributed by atoms with E-state index in [4.69, 9.17) is 0 Å². The highest BCUT2D eigenvalue weighted by atomic mass is 16.2. The summed E-state index contributed by atoms with van der Waals surface area (Å²) < 4.78 is 0. The summed E-state index contributed by atoms with van der Waals surface area (Å²) in [6, 6.07) is 18.6. The van der Waals surface area contributed by atoms with E-state index in [0.29, 0.717) is 22.8 Å². The highest BCUT2D eigenvalue weighted by Gasteiger charge is 2.15. The molecule has 0 radical (unpaired) electrons. The Labute approximate surface area is 149 Å². The molecule has 0 saturated heterocycles. The summed E-state index contributed by atoms with van der Waals surface area (Å²) in [5.74, 6) is 0.867. The number of aryl methyl sites for hydroxylation is 1. The van der Waals surface area contributed by atoms with E-state index in [1.54, 1.807) is 0 Å². The quantitative estimate of drug-likeness (QED) is 0.525. The van der Waals surface area contributed by atoms with Gasteiger partial charge < -0.3 is 10.6 Å². The molecular formula is C19H16N6O. The lowest BCUT2D eigenvalue weighted by atomic mass is 10.2. The summed E-state index contributed by atoms with van der Waals surface area (Å²) in [5, 5.41) is 13.8. The van der Waals surface area contributed by atoms with Crippen LogP contribution in [0.3, 0.4) is 0 Å². The molecule has 0 unspecified atom stereocenters. The van der Waals surface area contributed by atoms with Crippen LogP contribution in [0.5, 0.6) is 0 Å². The maximum absolute atomic E-state index is 12.6. The van der Waals surface area contributed by atoms with Gasteiger partial charge in [0, 0.05) is 22.8 Å². The first-order valence-corrected chi connectivity index (χ1v) is 8.11. The molecule has 2 heterocycles. The third-order valence-electron chi connectivity index (χ3n) is 3.79. The van der Waals surface area contributed by atoms with E-state index in [2.05, 4.69) is 30.8 Å². The third-order valence-corrected chi connectivity index (χ3v) is 3.79. The van der Waals surface area contributed by atoms with Crippen molar-refractivity contribution in [3.05, 3.63) is 72.2 Å². The molecule has 2 aromatic carbocycles. The molecule has 0 atom stereocenters. The van der Waals surface area contributed by atoms with Crippen LogP contribution in [0.25, 0.3) is 10.9 Å². The standard InChI is InChI=1S/C19H16N6O/c1-12-11-16(25-24-12)22-17-14-9-5-6-10-15(14)21-18(23-17)19(26)20-13-7-3-2-4-8-13/h2-11H,1H3,(H,20,26)(H2,21,22,23,24,25). The lowest BCUT2D eigenvalue weighted by molar-refractivity contribution is 0.101. The summed E-state index contributed by atoms with van der Waals surface area (Å²) >= 11 is 0. The van der Waals surface area contributed by atoms with Gasteiger partial charge in [-0.3, -0.25) is 9.89 Å². The molecule has 0 aliphatic rings. The number of carbonyl (C=O) groups excluding carboxylic acids is 1. The van der Waals surface area contributed by atoms with Gasteiger partial charge in [-0.25, -0.2) is 9.97 Å². The molecule has 0 fully saturated rings. The van der Waals surface area contributed by atoms with Crippen LogP contribution in [0.4, 0.5) is 17.3 Å². The van der Waals surface area contributed by atoms with Crippen molar-refractivity contribution in [2.45, 2.75) is 6.92 Å². The van der Waals surface area contributed by atoms with Crippen LogP contribution in [0, 0.1) is 6.92 Å².